The van der Waals surface area contributed by atoms with Gasteiger partial charge in [0.25, 0.3) is 0 Å². The van der Waals surface area contributed by atoms with Crippen molar-refractivity contribution in [3.63, 3.8) is 0 Å². The Hall–Kier alpha value is -1.07. The Morgan fingerprint density at radius 1 is 1.27 bits per heavy atom. The van der Waals surface area contributed by atoms with Gasteiger partial charge in [-0.3, -0.25) is 4.79 Å². The van der Waals surface area contributed by atoms with E-state index in [2.05, 4.69) is 0 Å². The van der Waals surface area contributed by atoms with E-state index in [1.54, 1.807) is 31.2 Å². The fourth-order valence-corrected chi connectivity index (χ4v) is 4.66. The number of rotatable bonds is 6. The molecule has 22 heavy (non-hydrogen) atoms. The lowest BCUT2D eigenvalue weighted by molar-refractivity contribution is -0.148. The van der Waals surface area contributed by atoms with Crippen molar-refractivity contribution >= 4 is 27.4 Å². The van der Waals surface area contributed by atoms with Crippen molar-refractivity contribution in [1.29, 1.82) is 0 Å². The van der Waals surface area contributed by atoms with Crippen molar-refractivity contribution in [3.05, 3.63) is 34.9 Å². The molecule has 122 valence electrons. The number of esters is 1. The third-order valence-corrected chi connectivity index (χ3v) is 6.56. The van der Waals surface area contributed by atoms with Gasteiger partial charge in [0.15, 0.2) is 9.84 Å². The zero-order valence-electron chi connectivity index (χ0n) is 12.6. The van der Waals surface area contributed by atoms with Crippen LogP contribution in [-0.2, 0) is 19.4 Å². The van der Waals surface area contributed by atoms with Gasteiger partial charge in [-0.1, -0.05) is 36.6 Å². The summed E-state index contributed by atoms with van der Waals surface area (Å²) in [5.41, 5.74) is 0.830. The van der Waals surface area contributed by atoms with Crippen LogP contribution in [0, 0.1) is 0 Å². The normalized spacial score (nSPS) is 17.4. The molecule has 1 aliphatic rings. The van der Waals surface area contributed by atoms with E-state index in [1.807, 2.05) is 0 Å². The highest BCUT2D eigenvalue weighted by atomic mass is 35.5. The Balaban J connectivity index is 1.83. The minimum Gasteiger partial charge on any atom is -0.458 e. The minimum atomic E-state index is -3.18. The Bertz CT molecular complexity index is 604. The third-order valence-electron chi connectivity index (χ3n) is 4.05. The second kappa shape index (κ2) is 7.47. The van der Waals surface area contributed by atoms with E-state index in [-0.39, 0.29) is 17.4 Å². The standard InChI is InChI=1S/C16H21ClO4S/c1-12(13-6-8-14(17)9-7-13)21-16(18)10-11-22(19,20)15-4-2-3-5-15/h6-9,12,15H,2-5,10-11H2,1H3. The molecule has 1 aliphatic carbocycles. The number of benzene rings is 1. The molecular weight excluding hydrogens is 324 g/mol. The molecule has 0 aliphatic heterocycles. The summed E-state index contributed by atoms with van der Waals surface area (Å²) in [7, 11) is -3.18. The van der Waals surface area contributed by atoms with Crippen molar-refractivity contribution in [2.24, 2.45) is 0 Å². The molecule has 1 fully saturated rings. The number of hydrogen-bond donors (Lipinski definition) is 0. The van der Waals surface area contributed by atoms with Crippen molar-refractivity contribution in [1.82, 2.24) is 0 Å². The van der Waals surface area contributed by atoms with Crippen LogP contribution in [0.15, 0.2) is 24.3 Å². The van der Waals surface area contributed by atoms with Gasteiger partial charge in [0.2, 0.25) is 0 Å². The van der Waals surface area contributed by atoms with Crippen LogP contribution in [0.4, 0.5) is 0 Å². The van der Waals surface area contributed by atoms with E-state index in [1.165, 1.54) is 0 Å². The zero-order valence-corrected chi connectivity index (χ0v) is 14.2. The van der Waals surface area contributed by atoms with Crippen LogP contribution in [0.2, 0.25) is 5.02 Å². The van der Waals surface area contributed by atoms with Crippen LogP contribution in [0.5, 0.6) is 0 Å². The van der Waals surface area contributed by atoms with Crippen molar-refractivity contribution in [2.45, 2.75) is 50.4 Å². The highest BCUT2D eigenvalue weighted by Crippen LogP contribution is 2.26. The first kappa shape index (κ1) is 17.3. The van der Waals surface area contributed by atoms with E-state index < -0.39 is 21.9 Å². The molecule has 2 rings (SSSR count). The average Bonchev–Trinajstić information content (AvgIpc) is 3.01. The average molecular weight is 345 g/mol. The van der Waals surface area contributed by atoms with Crippen molar-refractivity contribution < 1.29 is 17.9 Å². The summed E-state index contributed by atoms with van der Waals surface area (Å²) in [5, 5.41) is 0.346. The molecule has 1 aromatic rings. The Labute approximate surface area is 136 Å². The number of sulfone groups is 1. The number of hydrogen-bond acceptors (Lipinski definition) is 4. The van der Waals surface area contributed by atoms with Gasteiger partial charge >= 0.3 is 5.97 Å². The molecule has 1 aromatic carbocycles. The SMILES string of the molecule is CC(OC(=O)CCS(=O)(=O)C1CCCC1)c1ccc(Cl)cc1. The van der Waals surface area contributed by atoms with E-state index in [0.717, 1.165) is 31.2 Å². The summed E-state index contributed by atoms with van der Waals surface area (Å²) in [6, 6.07) is 7.03. The highest BCUT2D eigenvalue weighted by Gasteiger charge is 2.29. The largest absolute Gasteiger partial charge is 0.458 e. The lowest BCUT2D eigenvalue weighted by atomic mass is 10.1. The fourth-order valence-electron chi connectivity index (χ4n) is 2.70. The third kappa shape index (κ3) is 4.71. The van der Waals surface area contributed by atoms with Crippen LogP contribution < -0.4 is 0 Å². The molecule has 0 N–H and O–H groups in total. The Morgan fingerprint density at radius 2 is 1.86 bits per heavy atom. The first-order valence-corrected chi connectivity index (χ1v) is 9.64. The molecule has 4 nitrogen and oxygen atoms in total. The summed E-state index contributed by atoms with van der Waals surface area (Å²) in [6.45, 7) is 1.76. The number of halogens is 1. The first-order valence-electron chi connectivity index (χ1n) is 7.55. The highest BCUT2D eigenvalue weighted by molar-refractivity contribution is 7.92. The molecule has 0 amide bonds. The Kier molecular flexibility index (Phi) is 5.87. The maximum absolute atomic E-state index is 12.1. The van der Waals surface area contributed by atoms with Crippen LogP contribution in [0.1, 0.15) is 50.7 Å². The van der Waals surface area contributed by atoms with E-state index >= 15 is 0 Å². The molecule has 6 heteroatoms. The molecule has 1 atom stereocenters. The van der Waals surface area contributed by atoms with Gasteiger partial charge in [0, 0.05) is 5.02 Å². The van der Waals surface area contributed by atoms with Gasteiger partial charge in [-0.05, 0) is 37.5 Å². The fraction of sp³-hybridized carbons (Fsp3) is 0.562. The van der Waals surface area contributed by atoms with Gasteiger partial charge < -0.3 is 4.74 Å². The molecule has 1 saturated carbocycles. The minimum absolute atomic E-state index is 0.0865. The van der Waals surface area contributed by atoms with Crippen molar-refractivity contribution in [2.75, 3.05) is 5.75 Å². The number of carbonyl (C=O) groups excluding carboxylic acids is 1. The van der Waals surface area contributed by atoms with Crippen LogP contribution >= 0.6 is 11.6 Å². The molecule has 0 bridgehead atoms. The van der Waals surface area contributed by atoms with Crippen LogP contribution in [-0.4, -0.2) is 25.4 Å². The summed E-state index contributed by atoms with van der Waals surface area (Å²) in [6.07, 6.45) is 2.86. The summed E-state index contributed by atoms with van der Waals surface area (Å²) >= 11 is 5.81. The number of carbonyl (C=O) groups is 1. The quantitative estimate of drug-likeness (QED) is 0.738. The monoisotopic (exact) mass is 344 g/mol. The second-order valence-electron chi connectivity index (χ2n) is 5.71. The molecular formula is C16H21ClO4S. The molecule has 0 heterocycles. The van der Waals surface area contributed by atoms with Crippen LogP contribution in [0.3, 0.4) is 0 Å². The Morgan fingerprint density at radius 3 is 2.45 bits per heavy atom. The molecule has 0 radical (unpaired) electrons. The van der Waals surface area contributed by atoms with Gasteiger partial charge in [0.05, 0.1) is 17.4 Å². The second-order valence-corrected chi connectivity index (χ2v) is 8.54. The maximum atomic E-state index is 12.1. The van der Waals surface area contributed by atoms with Gasteiger partial charge in [-0.25, -0.2) is 8.42 Å². The summed E-state index contributed by atoms with van der Waals surface area (Å²) < 4.78 is 29.5. The molecule has 1 unspecified atom stereocenters. The van der Waals surface area contributed by atoms with E-state index in [0.29, 0.717) is 5.02 Å². The lowest BCUT2D eigenvalue weighted by Gasteiger charge is -2.15. The maximum Gasteiger partial charge on any atom is 0.307 e. The van der Waals surface area contributed by atoms with Crippen LogP contribution in [0.25, 0.3) is 0 Å². The predicted octanol–water partition coefficient (Wildman–Crippen LogP) is 3.69. The molecule has 0 aromatic heterocycles. The zero-order chi connectivity index (χ0) is 16.2. The molecule has 0 saturated heterocycles. The molecule has 0 spiro atoms. The van der Waals surface area contributed by atoms with Gasteiger partial charge in [-0.2, -0.15) is 0 Å². The first-order chi connectivity index (χ1) is 10.4. The smallest absolute Gasteiger partial charge is 0.307 e. The van der Waals surface area contributed by atoms with Gasteiger partial charge in [-0.15, -0.1) is 0 Å². The van der Waals surface area contributed by atoms with E-state index in [4.69, 9.17) is 16.3 Å². The topological polar surface area (TPSA) is 60.4 Å². The predicted molar refractivity (Wildman–Crippen MR) is 86.6 cm³/mol. The summed E-state index contributed by atoms with van der Waals surface area (Å²) in [4.78, 5) is 11.8. The number of ether oxygens (including phenoxy) is 1. The van der Waals surface area contributed by atoms with E-state index in [9.17, 15) is 13.2 Å². The summed E-state index contributed by atoms with van der Waals surface area (Å²) in [5.74, 6) is -0.604. The lowest BCUT2D eigenvalue weighted by Crippen LogP contribution is -2.23. The van der Waals surface area contributed by atoms with Gasteiger partial charge in [0.1, 0.15) is 6.10 Å². The van der Waals surface area contributed by atoms with Crippen molar-refractivity contribution in [3.8, 4) is 0 Å².